The maximum absolute atomic E-state index is 9.02. The summed E-state index contributed by atoms with van der Waals surface area (Å²) in [5.74, 6) is 1.77. The van der Waals surface area contributed by atoms with Gasteiger partial charge in [-0.1, -0.05) is 6.07 Å². The molecule has 7 heteroatoms. The number of methoxy groups -OCH3 is 2. The van der Waals surface area contributed by atoms with E-state index in [0.29, 0.717) is 28.4 Å². The smallest absolute Gasteiger partial charge is 0.222 e. The van der Waals surface area contributed by atoms with Crippen LogP contribution in [0.25, 0.3) is 10.9 Å². The molecule has 3 rings (SSSR count). The van der Waals surface area contributed by atoms with Gasteiger partial charge in [-0.2, -0.15) is 10.2 Å². The Kier molecular flexibility index (Phi) is 4.03. The minimum Gasteiger partial charge on any atom is -0.493 e. The van der Waals surface area contributed by atoms with E-state index in [4.69, 9.17) is 20.5 Å². The number of ether oxygens (including phenoxy) is 2. The van der Waals surface area contributed by atoms with E-state index in [-0.39, 0.29) is 5.95 Å². The molecule has 0 saturated heterocycles. The Balaban J connectivity index is 2.14. The van der Waals surface area contributed by atoms with Crippen LogP contribution in [0.15, 0.2) is 36.4 Å². The van der Waals surface area contributed by atoms with E-state index in [2.05, 4.69) is 21.4 Å². The molecule has 0 radical (unpaired) electrons. The summed E-state index contributed by atoms with van der Waals surface area (Å²) in [6, 6.07) is 12.7. The van der Waals surface area contributed by atoms with Gasteiger partial charge in [0.15, 0.2) is 11.5 Å². The van der Waals surface area contributed by atoms with Gasteiger partial charge in [-0.15, -0.1) is 0 Å². The van der Waals surface area contributed by atoms with E-state index >= 15 is 0 Å². The van der Waals surface area contributed by atoms with Gasteiger partial charge in [0.1, 0.15) is 5.82 Å². The van der Waals surface area contributed by atoms with E-state index in [9.17, 15) is 0 Å². The second-order valence-corrected chi connectivity index (χ2v) is 4.97. The summed E-state index contributed by atoms with van der Waals surface area (Å²) in [5, 5.41) is 12.9. The van der Waals surface area contributed by atoms with Crippen LogP contribution in [-0.2, 0) is 0 Å². The lowest BCUT2D eigenvalue weighted by Gasteiger charge is -2.13. The molecule has 3 aromatic rings. The zero-order valence-corrected chi connectivity index (χ0v) is 13.2. The van der Waals surface area contributed by atoms with E-state index < -0.39 is 0 Å². The van der Waals surface area contributed by atoms with E-state index in [1.165, 1.54) is 0 Å². The topological polar surface area (TPSA) is 106 Å². The number of hydrogen-bond donors (Lipinski definition) is 2. The van der Waals surface area contributed by atoms with Crippen LogP contribution < -0.4 is 20.5 Å². The summed E-state index contributed by atoms with van der Waals surface area (Å²) in [6.07, 6.45) is 0. The number of nitriles is 1. The highest BCUT2D eigenvalue weighted by Gasteiger charge is 2.12. The van der Waals surface area contributed by atoms with Crippen molar-refractivity contribution in [3.05, 3.63) is 42.0 Å². The molecule has 0 atom stereocenters. The number of benzene rings is 2. The summed E-state index contributed by atoms with van der Waals surface area (Å²) in [5.41, 5.74) is 7.71. The Morgan fingerprint density at radius 3 is 2.54 bits per heavy atom. The fourth-order valence-corrected chi connectivity index (χ4v) is 2.37. The molecule has 1 aromatic heterocycles. The molecule has 0 aliphatic heterocycles. The molecule has 2 aromatic carbocycles. The SMILES string of the molecule is COc1cc2nc(N)nc(Nc3cccc(C#N)c3)c2cc1OC. The predicted octanol–water partition coefficient (Wildman–Crippen LogP) is 2.84. The van der Waals surface area contributed by atoms with Crippen LogP contribution in [-0.4, -0.2) is 24.2 Å². The molecule has 0 aliphatic carbocycles. The molecule has 0 spiro atoms. The van der Waals surface area contributed by atoms with Gasteiger partial charge in [0, 0.05) is 17.1 Å². The first-order chi connectivity index (χ1) is 11.6. The van der Waals surface area contributed by atoms with Gasteiger partial charge < -0.3 is 20.5 Å². The van der Waals surface area contributed by atoms with Crippen LogP contribution in [0.2, 0.25) is 0 Å². The van der Waals surface area contributed by atoms with Gasteiger partial charge >= 0.3 is 0 Å². The monoisotopic (exact) mass is 321 g/mol. The maximum Gasteiger partial charge on any atom is 0.222 e. The zero-order chi connectivity index (χ0) is 17.1. The number of rotatable bonds is 4. The lowest BCUT2D eigenvalue weighted by molar-refractivity contribution is 0.356. The maximum atomic E-state index is 9.02. The number of nitrogen functional groups attached to an aromatic ring is 1. The van der Waals surface area contributed by atoms with Gasteiger partial charge in [-0.25, -0.2) is 4.98 Å². The van der Waals surface area contributed by atoms with Crippen molar-refractivity contribution in [2.45, 2.75) is 0 Å². The molecule has 0 unspecified atom stereocenters. The Morgan fingerprint density at radius 2 is 1.83 bits per heavy atom. The summed E-state index contributed by atoms with van der Waals surface area (Å²) in [6.45, 7) is 0. The molecule has 0 bridgehead atoms. The lowest BCUT2D eigenvalue weighted by Crippen LogP contribution is -2.02. The molecular weight excluding hydrogens is 306 g/mol. The minimum atomic E-state index is 0.133. The molecule has 0 amide bonds. The van der Waals surface area contributed by atoms with Crippen molar-refractivity contribution in [1.82, 2.24) is 9.97 Å². The number of aromatic nitrogens is 2. The van der Waals surface area contributed by atoms with Crippen molar-refractivity contribution >= 4 is 28.4 Å². The molecule has 120 valence electrons. The van der Waals surface area contributed by atoms with Crippen molar-refractivity contribution in [2.24, 2.45) is 0 Å². The average molecular weight is 321 g/mol. The molecule has 0 aliphatic rings. The van der Waals surface area contributed by atoms with Crippen LogP contribution in [0.3, 0.4) is 0 Å². The van der Waals surface area contributed by atoms with Crippen LogP contribution in [0.1, 0.15) is 5.56 Å². The minimum absolute atomic E-state index is 0.133. The molecule has 1 heterocycles. The summed E-state index contributed by atoms with van der Waals surface area (Å²) in [4.78, 5) is 8.49. The third-order valence-electron chi connectivity index (χ3n) is 3.47. The van der Waals surface area contributed by atoms with E-state index in [0.717, 1.165) is 11.1 Å². The fraction of sp³-hybridized carbons (Fsp3) is 0.118. The van der Waals surface area contributed by atoms with Gasteiger partial charge in [-0.3, -0.25) is 0 Å². The van der Waals surface area contributed by atoms with Crippen molar-refractivity contribution < 1.29 is 9.47 Å². The first kappa shape index (κ1) is 15.4. The molecule has 0 saturated carbocycles. The van der Waals surface area contributed by atoms with Crippen LogP contribution in [0.5, 0.6) is 11.5 Å². The van der Waals surface area contributed by atoms with Crippen LogP contribution >= 0.6 is 0 Å². The second-order valence-electron chi connectivity index (χ2n) is 4.97. The van der Waals surface area contributed by atoms with Crippen molar-refractivity contribution in [2.75, 3.05) is 25.3 Å². The third kappa shape index (κ3) is 2.85. The molecule has 0 fully saturated rings. The number of fused-ring (bicyclic) bond motifs is 1. The quantitative estimate of drug-likeness (QED) is 0.761. The molecule has 7 nitrogen and oxygen atoms in total. The van der Waals surface area contributed by atoms with Crippen LogP contribution in [0.4, 0.5) is 17.5 Å². The Labute approximate surface area is 138 Å². The summed E-state index contributed by atoms with van der Waals surface area (Å²) in [7, 11) is 3.12. The number of hydrogen-bond acceptors (Lipinski definition) is 7. The third-order valence-corrected chi connectivity index (χ3v) is 3.47. The Morgan fingerprint density at radius 1 is 1.08 bits per heavy atom. The van der Waals surface area contributed by atoms with Gasteiger partial charge in [0.25, 0.3) is 0 Å². The van der Waals surface area contributed by atoms with Gasteiger partial charge in [0.2, 0.25) is 5.95 Å². The molecule has 24 heavy (non-hydrogen) atoms. The normalized spacial score (nSPS) is 10.2. The van der Waals surface area contributed by atoms with Gasteiger partial charge in [0.05, 0.1) is 31.4 Å². The van der Waals surface area contributed by atoms with Crippen molar-refractivity contribution in [3.63, 3.8) is 0 Å². The number of nitrogens with two attached hydrogens (primary N) is 1. The van der Waals surface area contributed by atoms with E-state index in [1.807, 2.05) is 6.07 Å². The highest BCUT2D eigenvalue weighted by molar-refractivity contribution is 5.94. The number of anilines is 3. The van der Waals surface area contributed by atoms with Crippen molar-refractivity contribution in [1.29, 1.82) is 5.26 Å². The first-order valence-corrected chi connectivity index (χ1v) is 7.11. The zero-order valence-electron chi connectivity index (χ0n) is 13.2. The number of nitrogens with zero attached hydrogens (tertiary/aromatic N) is 3. The highest BCUT2D eigenvalue weighted by atomic mass is 16.5. The van der Waals surface area contributed by atoms with Crippen LogP contribution in [0, 0.1) is 11.3 Å². The molecular formula is C17H15N5O2. The van der Waals surface area contributed by atoms with Gasteiger partial charge in [-0.05, 0) is 24.3 Å². The molecule has 3 N–H and O–H groups in total. The Hall–Kier alpha value is -3.53. The average Bonchev–Trinajstić information content (AvgIpc) is 2.60. The Bertz CT molecular complexity index is 950. The number of nitrogens with one attached hydrogen (secondary N) is 1. The highest BCUT2D eigenvalue weighted by Crippen LogP contribution is 2.35. The fourth-order valence-electron chi connectivity index (χ4n) is 2.37. The standard InChI is InChI=1S/C17H15N5O2/c1-23-14-7-12-13(8-15(14)24-2)21-17(19)22-16(12)20-11-5-3-4-10(6-11)9-18/h3-8H,1-2H3,(H3,19,20,21,22). The summed E-state index contributed by atoms with van der Waals surface area (Å²) >= 11 is 0. The van der Waals surface area contributed by atoms with Crippen molar-refractivity contribution in [3.8, 4) is 17.6 Å². The largest absolute Gasteiger partial charge is 0.493 e. The van der Waals surface area contributed by atoms with E-state index in [1.54, 1.807) is 44.6 Å². The first-order valence-electron chi connectivity index (χ1n) is 7.11. The second kappa shape index (κ2) is 6.30. The summed E-state index contributed by atoms with van der Waals surface area (Å²) < 4.78 is 10.6. The predicted molar refractivity (Wildman–Crippen MR) is 91.5 cm³/mol. The lowest BCUT2D eigenvalue weighted by atomic mass is 10.2.